The molecule has 0 unspecified atom stereocenters. The number of hydrogen-bond donors (Lipinski definition) is 0. The van der Waals surface area contributed by atoms with Crippen LogP contribution < -0.4 is 20.2 Å². The molecule has 8 heteroatoms. The quantitative estimate of drug-likeness (QED) is 0.102. The fourth-order valence-electron chi connectivity index (χ4n) is 7.09. The maximum atomic E-state index is 13.9. The molecule has 0 fully saturated rings. The molecule has 55 heavy (non-hydrogen) atoms. The minimum absolute atomic E-state index is 0.0331. The number of fused-ring (bicyclic) bond motifs is 3. The van der Waals surface area contributed by atoms with Crippen molar-refractivity contribution in [2.75, 3.05) is 9.80 Å². The van der Waals surface area contributed by atoms with Gasteiger partial charge in [0, 0.05) is 47.5 Å². The second-order valence-corrected chi connectivity index (χ2v) is 16.8. The van der Waals surface area contributed by atoms with Crippen molar-refractivity contribution in [2.24, 2.45) is 0 Å². The molecular formula is C47H32N2O2S4. The van der Waals surface area contributed by atoms with Crippen LogP contribution in [0.3, 0.4) is 0 Å². The molecule has 266 valence electrons. The fraction of sp³-hybridized carbons (Fsp3) is 0.0213. The summed E-state index contributed by atoms with van der Waals surface area (Å²) in [4.78, 5) is 34.5. The number of carbonyl (C=O) groups excluding carboxylic acids is 2. The van der Waals surface area contributed by atoms with Gasteiger partial charge >= 0.3 is 0 Å². The molecule has 0 bridgehead atoms. The van der Waals surface area contributed by atoms with Crippen molar-refractivity contribution in [3.8, 4) is 0 Å². The van der Waals surface area contributed by atoms with Crippen molar-refractivity contribution >= 4 is 112 Å². The summed E-state index contributed by atoms with van der Waals surface area (Å²) in [7, 11) is 0. The summed E-state index contributed by atoms with van der Waals surface area (Å²) >= 11 is 5.82. The lowest BCUT2D eigenvalue weighted by Crippen LogP contribution is -2.11. The Balaban J connectivity index is 1.13. The molecule has 0 amide bonds. The molecule has 0 N–H and O–H groups in total. The van der Waals surface area contributed by atoms with E-state index in [0.29, 0.717) is 0 Å². The molecule has 1 aliphatic rings. The van der Waals surface area contributed by atoms with Gasteiger partial charge in [-0.05, 0) is 113 Å². The van der Waals surface area contributed by atoms with E-state index in [-0.39, 0.29) is 5.12 Å². The van der Waals surface area contributed by atoms with Gasteiger partial charge in [0.25, 0.3) is 0 Å². The van der Waals surface area contributed by atoms with Gasteiger partial charge in [-0.15, -0.1) is 22.7 Å². The first-order valence-corrected chi connectivity index (χ1v) is 21.1. The SMILES string of the molecule is C/C(c1ccc(N(c2ccccc2)c2ccccc2)s1)=c1/ccc2c3c(ccc2c1SC=O)=C(c1ccc(N(c2ccccc2)c2ccccc2)s1)C(=O)S3. The average Bonchev–Trinajstić information content (AvgIpc) is 3.99. The Kier molecular flexibility index (Phi) is 9.72. The van der Waals surface area contributed by atoms with Crippen molar-refractivity contribution in [2.45, 2.75) is 16.7 Å². The van der Waals surface area contributed by atoms with Crippen molar-refractivity contribution in [1.29, 1.82) is 0 Å². The number of nitrogens with zero attached hydrogens (tertiary/aromatic N) is 2. The third-order valence-corrected chi connectivity index (χ3v) is 13.7. The van der Waals surface area contributed by atoms with E-state index < -0.39 is 0 Å². The second-order valence-electron chi connectivity index (χ2n) is 12.9. The fourth-order valence-corrected chi connectivity index (χ4v) is 11.2. The molecule has 0 saturated heterocycles. The number of carbonyl (C=O) groups is 2. The molecule has 6 aromatic carbocycles. The highest BCUT2D eigenvalue weighted by atomic mass is 32.2. The lowest BCUT2D eigenvalue weighted by molar-refractivity contribution is -0.106. The van der Waals surface area contributed by atoms with Crippen LogP contribution >= 0.6 is 46.2 Å². The zero-order valence-electron chi connectivity index (χ0n) is 29.6. The Morgan fingerprint density at radius 2 is 1.07 bits per heavy atom. The summed E-state index contributed by atoms with van der Waals surface area (Å²) in [5.74, 6) is 0. The molecule has 2 aromatic heterocycles. The van der Waals surface area contributed by atoms with E-state index in [9.17, 15) is 9.59 Å². The molecular weight excluding hydrogens is 753 g/mol. The first-order chi connectivity index (χ1) is 27.1. The summed E-state index contributed by atoms with van der Waals surface area (Å²) in [5.41, 5.74) is 7.00. The van der Waals surface area contributed by atoms with Gasteiger partial charge in [-0.25, -0.2) is 0 Å². The van der Waals surface area contributed by atoms with Crippen molar-refractivity contribution < 1.29 is 9.59 Å². The lowest BCUT2D eigenvalue weighted by Gasteiger charge is -2.23. The summed E-state index contributed by atoms with van der Waals surface area (Å²) < 4.78 is 0. The molecule has 3 heterocycles. The largest absolute Gasteiger partial charge is 0.302 e. The minimum atomic E-state index is 0.0331. The van der Waals surface area contributed by atoms with E-state index in [0.717, 1.165) is 90.3 Å². The number of thioether (sulfide) groups is 2. The van der Waals surface area contributed by atoms with E-state index in [1.165, 1.54) is 23.5 Å². The van der Waals surface area contributed by atoms with Gasteiger partial charge < -0.3 is 9.80 Å². The van der Waals surface area contributed by atoms with Crippen molar-refractivity contribution in [1.82, 2.24) is 0 Å². The van der Waals surface area contributed by atoms with Crippen LogP contribution in [0, 0.1) is 0 Å². The van der Waals surface area contributed by atoms with Crippen molar-refractivity contribution in [3.05, 3.63) is 190 Å². The maximum Gasteiger partial charge on any atom is 0.226 e. The zero-order chi connectivity index (χ0) is 37.3. The summed E-state index contributed by atoms with van der Waals surface area (Å²) in [6.45, 7) is 2.13. The highest BCUT2D eigenvalue weighted by Gasteiger charge is 2.28. The monoisotopic (exact) mass is 784 g/mol. The molecule has 1 aliphatic heterocycles. The maximum absolute atomic E-state index is 13.9. The topological polar surface area (TPSA) is 40.6 Å². The molecule has 0 spiro atoms. The van der Waals surface area contributed by atoms with Crippen molar-refractivity contribution in [3.63, 3.8) is 0 Å². The highest BCUT2D eigenvalue weighted by Crippen LogP contribution is 2.44. The van der Waals surface area contributed by atoms with Gasteiger partial charge in [-0.1, -0.05) is 109 Å². The van der Waals surface area contributed by atoms with E-state index in [4.69, 9.17) is 0 Å². The Bertz CT molecular complexity index is 2740. The minimum Gasteiger partial charge on any atom is -0.302 e. The molecule has 9 rings (SSSR count). The van der Waals surface area contributed by atoms with Crippen LogP contribution in [0.1, 0.15) is 16.7 Å². The second kappa shape index (κ2) is 15.2. The molecule has 0 radical (unpaired) electrons. The van der Waals surface area contributed by atoms with Gasteiger partial charge in [-0.3, -0.25) is 9.59 Å². The predicted octanol–water partition coefficient (Wildman–Crippen LogP) is 12.2. The van der Waals surface area contributed by atoms with Crippen LogP contribution in [0.4, 0.5) is 32.8 Å². The number of anilines is 6. The van der Waals surface area contributed by atoms with Crippen LogP contribution in [-0.4, -0.2) is 10.7 Å². The highest BCUT2D eigenvalue weighted by molar-refractivity contribution is 8.15. The van der Waals surface area contributed by atoms with Crippen LogP contribution in [0.2, 0.25) is 0 Å². The van der Waals surface area contributed by atoms with Gasteiger partial charge in [0.2, 0.25) is 5.12 Å². The van der Waals surface area contributed by atoms with Crippen LogP contribution in [-0.2, 0) is 9.59 Å². The first kappa shape index (κ1) is 35.1. The number of thiophene rings is 2. The summed E-state index contributed by atoms with van der Waals surface area (Å²) in [6, 6.07) is 58.2. The zero-order valence-corrected chi connectivity index (χ0v) is 32.9. The first-order valence-electron chi connectivity index (χ1n) is 17.7. The number of para-hydroxylation sites is 4. The van der Waals surface area contributed by atoms with Gasteiger partial charge in [0.05, 0.1) is 5.57 Å². The van der Waals surface area contributed by atoms with Gasteiger partial charge in [0.1, 0.15) is 10.0 Å². The van der Waals surface area contributed by atoms with E-state index in [1.54, 1.807) is 22.7 Å². The third-order valence-electron chi connectivity index (χ3n) is 9.64. The summed E-state index contributed by atoms with van der Waals surface area (Å²) in [6.07, 6.45) is 0. The predicted molar refractivity (Wildman–Crippen MR) is 235 cm³/mol. The molecule has 4 nitrogen and oxygen atoms in total. The van der Waals surface area contributed by atoms with Crippen LogP contribution in [0.5, 0.6) is 0 Å². The Morgan fingerprint density at radius 1 is 0.564 bits per heavy atom. The lowest BCUT2D eigenvalue weighted by atomic mass is 10.0. The number of benzene rings is 6. The molecule has 0 saturated carbocycles. The van der Waals surface area contributed by atoms with Gasteiger partial charge in [-0.2, -0.15) is 0 Å². The number of hydrogen-bond acceptors (Lipinski definition) is 8. The Morgan fingerprint density at radius 3 is 1.62 bits per heavy atom. The Hall–Kier alpha value is -5.64. The van der Waals surface area contributed by atoms with E-state index in [1.807, 2.05) is 48.5 Å². The third kappa shape index (κ3) is 6.61. The van der Waals surface area contributed by atoms with Gasteiger partial charge in [0.15, 0.2) is 5.62 Å². The van der Waals surface area contributed by atoms with E-state index in [2.05, 4.69) is 138 Å². The molecule has 8 aromatic rings. The standard InChI is InChI=1S/C47H32N2O2S4/c1-31(40-26-28-42(53-40)48(32-14-6-2-7-15-32)33-16-8-3-9-17-33)36-22-23-38-37(45(36)52-30-50)24-25-39-44(47(51)55-46(38)39)41-27-29-43(54-41)49(34-18-10-4-11-19-34)35-20-12-5-13-21-35/h2-30H,1H3/b36-31+. The summed E-state index contributed by atoms with van der Waals surface area (Å²) in [5, 5.41) is 6.04. The smallest absolute Gasteiger partial charge is 0.226 e. The molecule has 0 aliphatic carbocycles. The average molecular weight is 785 g/mol. The van der Waals surface area contributed by atoms with Crippen LogP contribution in [0.25, 0.3) is 21.9 Å². The van der Waals surface area contributed by atoms with E-state index >= 15 is 0 Å². The van der Waals surface area contributed by atoms with Crippen LogP contribution in [0.15, 0.2) is 180 Å². The molecule has 0 atom stereocenters. The Labute approximate surface area is 335 Å². The number of rotatable bonds is 10. The normalized spacial score (nSPS) is 12.8.